The summed E-state index contributed by atoms with van der Waals surface area (Å²) >= 11 is 3.27. The van der Waals surface area contributed by atoms with Gasteiger partial charge in [0.15, 0.2) is 0 Å². The van der Waals surface area contributed by atoms with E-state index in [2.05, 4.69) is 26.8 Å². The Kier molecular flexibility index (Phi) is 5.69. The lowest BCUT2D eigenvalue weighted by atomic mass is 10.2. The Balaban J connectivity index is 2.45. The van der Waals surface area contributed by atoms with Crippen LogP contribution in [0.5, 0.6) is 0 Å². The van der Waals surface area contributed by atoms with Crippen LogP contribution >= 0.6 is 15.9 Å². The van der Waals surface area contributed by atoms with Gasteiger partial charge in [-0.2, -0.15) is 0 Å². The summed E-state index contributed by atoms with van der Waals surface area (Å²) in [6, 6.07) is 7.03. The van der Waals surface area contributed by atoms with Crippen LogP contribution in [0.25, 0.3) is 0 Å². The van der Waals surface area contributed by atoms with Crippen LogP contribution in [-0.4, -0.2) is 11.8 Å². The Labute approximate surface area is 109 Å². The molecule has 1 aromatic carbocycles. The molecule has 2 N–H and O–H groups in total. The first-order valence-electron chi connectivity index (χ1n) is 5.49. The molecule has 0 spiro atoms. The number of hydrogen-bond acceptors (Lipinski definition) is 2. The summed E-state index contributed by atoms with van der Waals surface area (Å²) in [7, 11) is 0. The third kappa shape index (κ3) is 4.56. The van der Waals surface area contributed by atoms with Gasteiger partial charge in [0, 0.05) is 10.9 Å². The molecule has 0 aliphatic heterocycles. The van der Waals surface area contributed by atoms with E-state index in [-0.39, 0.29) is 11.8 Å². The summed E-state index contributed by atoms with van der Waals surface area (Å²) in [6.45, 7) is 2.01. The van der Waals surface area contributed by atoms with E-state index in [1.165, 1.54) is 0 Å². The van der Waals surface area contributed by atoms with E-state index in [0.717, 1.165) is 12.8 Å². The fourth-order valence-electron chi connectivity index (χ4n) is 1.24. The van der Waals surface area contributed by atoms with E-state index in [9.17, 15) is 9.59 Å². The van der Waals surface area contributed by atoms with Crippen LogP contribution in [0.3, 0.4) is 0 Å². The van der Waals surface area contributed by atoms with Crippen molar-refractivity contribution in [1.82, 2.24) is 10.9 Å². The van der Waals surface area contributed by atoms with Crippen molar-refractivity contribution in [2.24, 2.45) is 0 Å². The first-order chi connectivity index (χ1) is 8.15. The number of amides is 2. The highest BCUT2D eigenvalue weighted by Crippen LogP contribution is 2.15. The molecule has 2 amide bonds. The number of carbonyl (C=O) groups excluding carboxylic acids is 2. The van der Waals surface area contributed by atoms with Gasteiger partial charge in [0.2, 0.25) is 5.91 Å². The third-order valence-corrected chi connectivity index (χ3v) is 2.88. The molecule has 0 aliphatic rings. The minimum Gasteiger partial charge on any atom is -0.273 e. The molecule has 0 saturated carbocycles. The van der Waals surface area contributed by atoms with Crippen molar-refractivity contribution >= 4 is 27.7 Å². The SMILES string of the molecule is CCCCC(=O)NNC(=O)c1ccccc1Br. The Hall–Kier alpha value is -1.36. The summed E-state index contributed by atoms with van der Waals surface area (Å²) in [5.41, 5.74) is 5.25. The van der Waals surface area contributed by atoms with E-state index < -0.39 is 0 Å². The monoisotopic (exact) mass is 298 g/mol. The van der Waals surface area contributed by atoms with Crippen LogP contribution in [0, 0.1) is 0 Å². The van der Waals surface area contributed by atoms with Crippen molar-refractivity contribution in [3.05, 3.63) is 34.3 Å². The van der Waals surface area contributed by atoms with Gasteiger partial charge in [0.25, 0.3) is 5.91 Å². The van der Waals surface area contributed by atoms with Gasteiger partial charge in [-0.15, -0.1) is 0 Å². The molecule has 0 radical (unpaired) electrons. The van der Waals surface area contributed by atoms with E-state index in [4.69, 9.17) is 0 Å². The zero-order valence-corrected chi connectivity index (χ0v) is 11.2. The summed E-state index contributed by atoms with van der Waals surface area (Å²) in [4.78, 5) is 23.0. The van der Waals surface area contributed by atoms with Crippen molar-refractivity contribution in [1.29, 1.82) is 0 Å². The second-order valence-electron chi connectivity index (χ2n) is 3.59. The van der Waals surface area contributed by atoms with Crippen LogP contribution in [0.1, 0.15) is 36.5 Å². The molecule has 0 bridgehead atoms. The predicted octanol–water partition coefficient (Wildman–Crippen LogP) is 2.40. The number of nitrogens with one attached hydrogen (secondary N) is 2. The number of carbonyl (C=O) groups is 2. The number of rotatable bonds is 4. The summed E-state index contributed by atoms with van der Waals surface area (Å²) in [5, 5.41) is 0. The maximum Gasteiger partial charge on any atom is 0.270 e. The van der Waals surface area contributed by atoms with E-state index in [1.54, 1.807) is 18.2 Å². The molecule has 0 aromatic heterocycles. The molecule has 4 nitrogen and oxygen atoms in total. The minimum atomic E-state index is -0.331. The van der Waals surface area contributed by atoms with E-state index in [0.29, 0.717) is 16.5 Å². The normalized spacial score (nSPS) is 9.76. The number of hydrogen-bond donors (Lipinski definition) is 2. The summed E-state index contributed by atoms with van der Waals surface area (Å²) in [6.07, 6.45) is 2.19. The topological polar surface area (TPSA) is 58.2 Å². The van der Waals surface area contributed by atoms with E-state index >= 15 is 0 Å². The zero-order valence-electron chi connectivity index (χ0n) is 9.63. The summed E-state index contributed by atoms with van der Waals surface area (Å²) in [5.74, 6) is -0.505. The van der Waals surface area contributed by atoms with Gasteiger partial charge < -0.3 is 0 Å². The van der Waals surface area contributed by atoms with Crippen molar-refractivity contribution < 1.29 is 9.59 Å². The van der Waals surface area contributed by atoms with Crippen LogP contribution in [0.2, 0.25) is 0 Å². The smallest absolute Gasteiger partial charge is 0.270 e. The molecule has 92 valence electrons. The molecular formula is C12H15BrN2O2. The van der Waals surface area contributed by atoms with Gasteiger partial charge in [0.05, 0.1) is 5.56 Å². The molecular weight excluding hydrogens is 284 g/mol. The highest BCUT2D eigenvalue weighted by atomic mass is 79.9. The fraction of sp³-hybridized carbons (Fsp3) is 0.333. The van der Waals surface area contributed by atoms with Crippen molar-refractivity contribution in [2.75, 3.05) is 0 Å². The average molecular weight is 299 g/mol. The average Bonchev–Trinajstić information content (AvgIpc) is 2.34. The van der Waals surface area contributed by atoms with Gasteiger partial charge >= 0.3 is 0 Å². The molecule has 0 fully saturated rings. The number of unbranched alkanes of at least 4 members (excludes halogenated alkanes) is 1. The lowest BCUT2D eigenvalue weighted by Gasteiger charge is -2.08. The molecule has 1 aromatic rings. The number of benzene rings is 1. The van der Waals surface area contributed by atoms with E-state index in [1.807, 2.05) is 13.0 Å². The number of halogens is 1. The molecule has 0 saturated heterocycles. The Morgan fingerprint density at radius 1 is 1.24 bits per heavy atom. The first-order valence-corrected chi connectivity index (χ1v) is 6.28. The highest BCUT2D eigenvalue weighted by molar-refractivity contribution is 9.10. The Morgan fingerprint density at radius 2 is 1.94 bits per heavy atom. The molecule has 0 atom stereocenters. The summed E-state index contributed by atoms with van der Waals surface area (Å²) < 4.78 is 0.695. The molecule has 0 unspecified atom stereocenters. The standard InChI is InChI=1S/C12H15BrN2O2/c1-2-3-8-11(16)14-15-12(17)9-6-4-5-7-10(9)13/h4-7H,2-3,8H2,1H3,(H,14,16)(H,15,17). The van der Waals surface area contributed by atoms with Gasteiger partial charge in [0.1, 0.15) is 0 Å². The maximum atomic E-state index is 11.7. The molecule has 0 aliphatic carbocycles. The highest BCUT2D eigenvalue weighted by Gasteiger charge is 2.09. The van der Waals surface area contributed by atoms with Gasteiger partial charge in [-0.25, -0.2) is 0 Å². The second kappa shape index (κ2) is 7.06. The van der Waals surface area contributed by atoms with Gasteiger partial charge in [-0.05, 0) is 34.5 Å². The predicted molar refractivity (Wildman–Crippen MR) is 69.3 cm³/mol. The zero-order chi connectivity index (χ0) is 12.7. The second-order valence-corrected chi connectivity index (χ2v) is 4.44. The Bertz CT molecular complexity index is 407. The first kappa shape index (κ1) is 13.7. The lowest BCUT2D eigenvalue weighted by molar-refractivity contribution is -0.121. The van der Waals surface area contributed by atoms with Crippen molar-refractivity contribution in [3.63, 3.8) is 0 Å². The van der Waals surface area contributed by atoms with Gasteiger partial charge in [-0.3, -0.25) is 20.4 Å². The molecule has 1 rings (SSSR count). The van der Waals surface area contributed by atoms with Crippen LogP contribution in [0.15, 0.2) is 28.7 Å². The fourth-order valence-corrected chi connectivity index (χ4v) is 1.70. The third-order valence-electron chi connectivity index (χ3n) is 2.19. The lowest BCUT2D eigenvalue weighted by Crippen LogP contribution is -2.41. The largest absolute Gasteiger partial charge is 0.273 e. The van der Waals surface area contributed by atoms with Crippen LogP contribution < -0.4 is 10.9 Å². The maximum absolute atomic E-state index is 11.7. The van der Waals surface area contributed by atoms with Gasteiger partial charge in [-0.1, -0.05) is 25.5 Å². The minimum absolute atomic E-state index is 0.174. The van der Waals surface area contributed by atoms with Crippen molar-refractivity contribution in [3.8, 4) is 0 Å². The molecule has 17 heavy (non-hydrogen) atoms. The van der Waals surface area contributed by atoms with Crippen LogP contribution in [-0.2, 0) is 4.79 Å². The van der Waals surface area contributed by atoms with Crippen LogP contribution in [0.4, 0.5) is 0 Å². The quantitative estimate of drug-likeness (QED) is 0.839. The number of hydrazine groups is 1. The molecule has 5 heteroatoms. The van der Waals surface area contributed by atoms with Crippen molar-refractivity contribution in [2.45, 2.75) is 26.2 Å². The Morgan fingerprint density at radius 3 is 2.59 bits per heavy atom. The molecule has 0 heterocycles.